The highest BCUT2D eigenvalue weighted by Gasteiger charge is 1.99. The Morgan fingerprint density at radius 3 is 2.11 bits per heavy atom. The number of hydrogen-bond acceptors (Lipinski definition) is 3. The van der Waals surface area contributed by atoms with Crippen LogP contribution in [0.15, 0.2) is 24.7 Å². The van der Waals surface area contributed by atoms with Crippen LogP contribution in [0.5, 0.6) is 0 Å². The van der Waals surface area contributed by atoms with Crippen LogP contribution in [0.1, 0.15) is 6.92 Å². The number of ether oxygens (including phenoxy) is 1. The molecule has 0 atom stereocenters. The largest absolute Gasteiger partial charge is 0.505 e. The van der Waals surface area contributed by atoms with Crippen molar-refractivity contribution < 1.29 is 14.6 Å². The molecule has 0 rings (SSSR count). The highest BCUT2D eigenvalue weighted by molar-refractivity contribution is 5.67. The summed E-state index contributed by atoms with van der Waals surface area (Å²) in [6.07, 6.45) is 0. The van der Waals surface area contributed by atoms with Gasteiger partial charge in [-0.15, -0.1) is 0 Å². The van der Waals surface area contributed by atoms with E-state index in [1.54, 1.807) is 0 Å². The third kappa shape index (κ3) is 3.34. The molecule has 0 aromatic heterocycles. The Labute approximate surface area is 53.3 Å². The van der Waals surface area contributed by atoms with Crippen LogP contribution in [0.2, 0.25) is 0 Å². The van der Waals surface area contributed by atoms with Crippen LogP contribution in [-0.2, 0) is 9.53 Å². The average molecular weight is 128 g/mol. The van der Waals surface area contributed by atoms with E-state index in [4.69, 9.17) is 5.11 Å². The quantitative estimate of drug-likeness (QED) is 0.344. The van der Waals surface area contributed by atoms with Gasteiger partial charge in [-0.05, 0) is 0 Å². The first-order valence-electron chi connectivity index (χ1n) is 2.29. The average Bonchev–Trinajstić information content (AvgIpc) is 1.63. The number of carbonyl (C=O) groups excluding carboxylic acids is 1. The molecule has 0 unspecified atom stereocenters. The minimum Gasteiger partial charge on any atom is -0.505 e. The molecule has 0 aliphatic rings. The number of aliphatic hydroxyl groups excluding tert-OH is 1. The normalized spacial score (nSPS) is 8.11. The van der Waals surface area contributed by atoms with Crippen molar-refractivity contribution in [2.45, 2.75) is 6.92 Å². The van der Waals surface area contributed by atoms with E-state index in [0.29, 0.717) is 0 Å². The van der Waals surface area contributed by atoms with Gasteiger partial charge in [-0.3, -0.25) is 4.79 Å². The summed E-state index contributed by atoms with van der Waals surface area (Å²) in [5.41, 5.74) is 0. The van der Waals surface area contributed by atoms with Crippen molar-refractivity contribution in [3.05, 3.63) is 24.7 Å². The second kappa shape index (κ2) is 2.91. The fourth-order valence-electron chi connectivity index (χ4n) is 0.232. The van der Waals surface area contributed by atoms with Crippen LogP contribution < -0.4 is 0 Å². The van der Waals surface area contributed by atoms with E-state index in [9.17, 15) is 4.79 Å². The zero-order chi connectivity index (χ0) is 7.44. The Morgan fingerprint density at radius 2 is 2.00 bits per heavy atom. The Kier molecular flexibility index (Phi) is 2.51. The predicted molar refractivity (Wildman–Crippen MR) is 32.7 cm³/mol. The zero-order valence-electron chi connectivity index (χ0n) is 5.18. The highest BCUT2D eigenvalue weighted by atomic mass is 16.5. The molecule has 0 saturated carbocycles. The van der Waals surface area contributed by atoms with Crippen LogP contribution in [0, 0.1) is 0 Å². The van der Waals surface area contributed by atoms with E-state index in [1.807, 2.05) is 0 Å². The summed E-state index contributed by atoms with van der Waals surface area (Å²) in [5.74, 6) is -0.956. The van der Waals surface area contributed by atoms with Crippen LogP contribution in [0.3, 0.4) is 0 Å². The summed E-state index contributed by atoms with van der Waals surface area (Å²) in [6.45, 7) is 7.51. The molecule has 0 spiro atoms. The van der Waals surface area contributed by atoms with Gasteiger partial charge in [0, 0.05) is 6.92 Å². The first-order valence-corrected chi connectivity index (χ1v) is 2.29. The van der Waals surface area contributed by atoms with Gasteiger partial charge in [0.1, 0.15) is 5.76 Å². The third-order valence-corrected chi connectivity index (χ3v) is 0.589. The molecule has 50 valence electrons. The molecule has 0 heterocycles. The van der Waals surface area contributed by atoms with Crippen molar-refractivity contribution >= 4 is 5.97 Å². The lowest BCUT2D eigenvalue weighted by molar-refractivity contribution is -0.136. The van der Waals surface area contributed by atoms with E-state index < -0.39 is 5.97 Å². The summed E-state index contributed by atoms with van der Waals surface area (Å²) in [5, 5.41) is 8.50. The molecule has 0 aliphatic heterocycles. The minimum absolute atomic E-state index is 0.109. The molecule has 0 aromatic carbocycles. The van der Waals surface area contributed by atoms with Gasteiger partial charge in [-0.2, -0.15) is 0 Å². The maximum absolute atomic E-state index is 10.1. The summed E-state index contributed by atoms with van der Waals surface area (Å²) in [6, 6.07) is 0. The van der Waals surface area contributed by atoms with E-state index in [1.165, 1.54) is 6.92 Å². The first-order chi connectivity index (χ1) is 4.04. The van der Waals surface area contributed by atoms with Gasteiger partial charge in [0.05, 0.1) is 0 Å². The van der Waals surface area contributed by atoms with Gasteiger partial charge in [0.25, 0.3) is 0 Å². The number of carbonyl (C=O) groups is 1. The van der Waals surface area contributed by atoms with Gasteiger partial charge in [0.2, 0.25) is 0 Å². The summed E-state index contributed by atoms with van der Waals surface area (Å²) in [7, 11) is 0. The van der Waals surface area contributed by atoms with Crippen LogP contribution in [0.4, 0.5) is 0 Å². The second-order valence-corrected chi connectivity index (χ2v) is 1.46. The number of aliphatic hydroxyl groups is 1. The van der Waals surface area contributed by atoms with E-state index in [0.717, 1.165) is 0 Å². The Hall–Kier alpha value is -1.25. The van der Waals surface area contributed by atoms with E-state index >= 15 is 0 Å². The van der Waals surface area contributed by atoms with Crippen molar-refractivity contribution in [3.8, 4) is 0 Å². The molecule has 0 aromatic rings. The molecule has 0 amide bonds. The summed E-state index contributed by atoms with van der Waals surface area (Å²) in [4.78, 5) is 10.1. The van der Waals surface area contributed by atoms with Gasteiger partial charge >= 0.3 is 5.97 Å². The van der Waals surface area contributed by atoms with Crippen molar-refractivity contribution in [1.29, 1.82) is 0 Å². The standard InChI is InChI=1S/C6H8O3/c1-4(7)5(2)9-6(3)8/h7H,1-2H2,3H3. The number of esters is 1. The molecular formula is C6H8O3. The molecule has 0 fully saturated rings. The molecule has 0 aliphatic carbocycles. The summed E-state index contributed by atoms with van der Waals surface area (Å²) < 4.78 is 4.33. The van der Waals surface area contributed by atoms with Gasteiger partial charge < -0.3 is 9.84 Å². The lowest BCUT2D eigenvalue weighted by atomic mass is 10.5. The molecule has 3 heteroatoms. The van der Waals surface area contributed by atoms with Crippen molar-refractivity contribution in [2.75, 3.05) is 0 Å². The predicted octanol–water partition coefficient (Wildman–Crippen LogP) is 1.13. The van der Waals surface area contributed by atoms with Gasteiger partial charge in [0.15, 0.2) is 5.76 Å². The topological polar surface area (TPSA) is 46.5 Å². The third-order valence-electron chi connectivity index (χ3n) is 0.589. The molecule has 9 heavy (non-hydrogen) atoms. The number of rotatable bonds is 2. The fourth-order valence-corrected chi connectivity index (χ4v) is 0.232. The van der Waals surface area contributed by atoms with Crippen molar-refractivity contribution in [2.24, 2.45) is 0 Å². The monoisotopic (exact) mass is 128 g/mol. The lowest BCUT2D eigenvalue weighted by Crippen LogP contribution is -1.98. The molecule has 3 nitrogen and oxygen atoms in total. The van der Waals surface area contributed by atoms with Crippen molar-refractivity contribution in [1.82, 2.24) is 0 Å². The minimum atomic E-state index is -0.518. The highest BCUT2D eigenvalue weighted by Crippen LogP contribution is 2.01. The Bertz CT molecular complexity index is 158. The molecule has 0 radical (unpaired) electrons. The zero-order valence-corrected chi connectivity index (χ0v) is 5.18. The molecule has 0 bridgehead atoms. The maximum Gasteiger partial charge on any atom is 0.308 e. The second-order valence-electron chi connectivity index (χ2n) is 1.46. The van der Waals surface area contributed by atoms with Crippen molar-refractivity contribution in [3.63, 3.8) is 0 Å². The maximum atomic E-state index is 10.1. The van der Waals surface area contributed by atoms with Crippen LogP contribution >= 0.6 is 0 Å². The van der Waals surface area contributed by atoms with Crippen LogP contribution in [0.25, 0.3) is 0 Å². The van der Waals surface area contributed by atoms with Gasteiger partial charge in [-0.1, -0.05) is 13.2 Å². The van der Waals surface area contributed by atoms with Gasteiger partial charge in [-0.25, -0.2) is 0 Å². The smallest absolute Gasteiger partial charge is 0.308 e. The number of hydrogen-bond donors (Lipinski definition) is 1. The first kappa shape index (κ1) is 7.75. The van der Waals surface area contributed by atoms with Crippen LogP contribution in [-0.4, -0.2) is 11.1 Å². The molecular weight excluding hydrogens is 120 g/mol. The van der Waals surface area contributed by atoms with E-state index in [-0.39, 0.29) is 11.5 Å². The molecule has 0 saturated heterocycles. The lowest BCUT2D eigenvalue weighted by Gasteiger charge is -2.00. The Balaban J connectivity index is 3.79. The SMILES string of the molecule is C=C(O)C(=C)OC(C)=O. The molecule has 1 N–H and O–H groups in total. The Morgan fingerprint density at radius 1 is 1.56 bits per heavy atom. The summed E-state index contributed by atoms with van der Waals surface area (Å²) >= 11 is 0. The fraction of sp³-hybridized carbons (Fsp3) is 0.167. The van der Waals surface area contributed by atoms with E-state index in [2.05, 4.69) is 17.9 Å².